The van der Waals surface area contributed by atoms with Crippen LogP contribution in [-0.4, -0.2) is 0 Å². The molecule has 4 aromatic carbocycles. The maximum atomic E-state index is 10.1. The van der Waals surface area contributed by atoms with E-state index in [4.69, 9.17) is 8.53 Å². The number of benzene rings is 4. The average molecular weight is 469 g/mol. The number of rotatable bonds is 3. The van der Waals surface area contributed by atoms with Gasteiger partial charge in [-0.1, -0.05) is 60.7 Å². The maximum absolute atomic E-state index is 10.1. The van der Waals surface area contributed by atoms with Gasteiger partial charge in [0.15, 0.2) is 6.20 Å². The van der Waals surface area contributed by atoms with E-state index in [0.717, 1.165) is 38.7 Å². The molecule has 0 bridgehead atoms. The molecular weight excluding hydrogens is 440 g/mol. The molecule has 0 atom stereocenters. The number of furan rings is 1. The molecule has 3 nitrogen and oxygen atoms in total. The van der Waals surface area contributed by atoms with E-state index in [0.29, 0.717) is 27.9 Å². The smallest absolute Gasteiger partial charge is 0.216 e. The largest absolute Gasteiger partial charge is 0.454 e. The normalized spacial score (nSPS) is 12.8. The molecular formula is C33H25N2O+. The molecule has 0 unspecified atom stereocenters. The Morgan fingerprint density at radius 3 is 2.28 bits per heavy atom. The first-order valence-corrected chi connectivity index (χ1v) is 11.8. The van der Waals surface area contributed by atoms with Gasteiger partial charge in [-0.05, 0) is 59.8 Å². The molecule has 0 amide bonds. The average Bonchev–Trinajstić information content (AvgIpc) is 3.31. The van der Waals surface area contributed by atoms with Gasteiger partial charge in [0.05, 0.1) is 17.2 Å². The first-order chi connectivity index (χ1) is 18.8. The number of hydrogen-bond donors (Lipinski definition) is 0. The molecule has 2 heterocycles. The zero-order valence-electron chi connectivity index (χ0n) is 23.0. The predicted octanol–water partition coefficient (Wildman–Crippen LogP) is 7.90. The molecule has 0 spiro atoms. The van der Waals surface area contributed by atoms with Gasteiger partial charge < -0.3 is 4.42 Å². The highest BCUT2D eigenvalue weighted by Gasteiger charge is 2.23. The van der Waals surface area contributed by atoms with Crippen LogP contribution in [0.4, 0.5) is 0 Å². The van der Waals surface area contributed by atoms with Crippen LogP contribution in [0.25, 0.3) is 55.4 Å². The summed E-state index contributed by atoms with van der Waals surface area (Å²) in [6.45, 7) is -0.355. The van der Waals surface area contributed by atoms with E-state index >= 15 is 0 Å². The van der Waals surface area contributed by atoms with Crippen molar-refractivity contribution in [3.63, 3.8) is 0 Å². The summed E-state index contributed by atoms with van der Waals surface area (Å²) in [7, 11) is 1.99. The monoisotopic (exact) mass is 468 g/mol. The molecule has 0 N–H and O–H groups in total. The molecule has 172 valence electrons. The van der Waals surface area contributed by atoms with Gasteiger partial charge in [-0.3, -0.25) is 0 Å². The van der Waals surface area contributed by atoms with E-state index in [9.17, 15) is 5.26 Å². The van der Waals surface area contributed by atoms with Crippen molar-refractivity contribution >= 4 is 21.9 Å². The second-order valence-corrected chi connectivity index (χ2v) is 9.04. The lowest BCUT2D eigenvalue weighted by Gasteiger charge is -2.11. The van der Waals surface area contributed by atoms with E-state index in [1.165, 1.54) is 0 Å². The maximum Gasteiger partial charge on any atom is 0.216 e. The van der Waals surface area contributed by atoms with Crippen molar-refractivity contribution in [2.75, 3.05) is 0 Å². The molecule has 0 radical (unpaired) electrons. The van der Waals surface area contributed by atoms with E-state index in [-0.39, 0.29) is 5.56 Å². The van der Waals surface area contributed by atoms with Crippen LogP contribution in [0.5, 0.6) is 0 Å². The highest BCUT2D eigenvalue weighted by Crippen LogP contribution is 2.42. The Morgan fingerprint density at radius 1 is 0.778 bits per heavy atom. The lowest BCUT2D eigenvalue weighted by atomic mass is 9.91. The minimum absolute atomic E-state index is 0.180. The summed E-state index contributed by atoms with van der Waals surface area (Å²) >= 11 is 0. The van der Waals surface area contributed by atoms with Gasteiger partial charge in [0.25, 0.3) is 0 Å². The van der Waals surface area contributed by atoms with Crippen LogP contribution in [0.1, 0.15) is 20.8 Å². The highest BCUT2D eigenvalue weighted by molar-refractivity contribution is 6.14. The van der Waals surface area contributed by atoms with E-state index < -0.39 is 6.85 Å². The number of nitrogens with zero attached hydrogens (tertiary/aromatic N) is 2. The molecule has 0 aliphatic rings. The SMILES string of the molecule is [2H]C([2H])([2H])c1cc(-c2ccccc2)ccc1-c1c(C#N)ccc2c1oc1c(-c3cccc[n+]3C)c(C)ccc12. The fraction of sp³-hybridized carbons (Fsp3) is 0.0909. The molecule has 36 heavy (non-hydrogen) atoms. The minimum Gasteiger partial charge on any atom is -0.454 e. The summed E-state index contributed by atoms with van der Waals surface area (Å²) in [5.41, 5.74) is 7.47. The standard InChI is InChI=1S/C33H25N2O/c1-21-12-15-27-28-17-14-25(20-34)31(26-16-13-24(19-22(26)2)23-9-5-4-6-10-23)33(28)36-32(27)30(21)29-11-7-8-18-35(29)3/h4-19H,1-3H3/q+1/i2D3. The van der Waals surface area contributed by atoms with Crippen molar-refractivity contribution in [1.29, 1.82) is 5.26 Å². The number of aromatic nitrogens is 1. The predicted molar refractivity (Wildman–Crippen MR) is 145 cm³/mol. The Balaban J connectivity index is 1.69. The Kier molecular flexibility index (Phi) is 4.41. The molecule has 0 saturated carbocycles. The summed E-state index contributed by atoms with van der Waals surface area (Å²) in [5, 5.41) is 11.9. The van der Waals surface area contributed by atoms with Gasteiger partial charge >= 0.3 is 0 Å². The number of aryl methyl sites for hydroxylation is 3. The van der Waals surface area contributed by atoms with Crippen molar-refractivity contribution < 1.29 is 13.1 Å². The summed E-state index contributed by atoms with van der Waals surface area (Å²) in [6, 6.07) is 31.1. The fourth-order valence-corrected chi connectivity index (χ4v) is 5.04. The number of fused-ring (bicyclic) bond motifs is 3. The molecule has 2 aromatic heterocycles. The third-order valence-corrected chi connectivity index (χ3v) is 6.85. The summed E-state index contributed by atoms with van der Waals surface area (Å²) in [4.78, 5) is 0. The van der Waals surface area contributed by atoms with Crippen LogP contribution in [0.2, 0.25) is 0 Å². The van der Waals surface area contributed by atoms with Crippen LogP contribution in [0.3, 0.4) is 0 Å². The van der Waals surface area contributed by atoms with E-state index in [1.807, 2.05) is 91.5 Å². The van der Waals surface area contributed by atoms with Gasteiger partial charge in [0.2, 0.25) is 5.69 Å². The number of pyridine rings is 1. The van der Waals surface area contributed by atoms with Gasteiger partial charge in [-0.15, -0.1) is 0 Å². The highest BCUT2D eigenvalue weighted by atomic mass is 16.3. The quantitative estimate of drug-likeness (QED) is 0.248. The van der Waals surface area contributed by atoms with Crippen molar-refractivity contribution in [2.24, 2.45) is 7.05 Å². The van der Waals surface area contributed by atoms with Crippen LogP contribution >= 0.6 is 0 Å². The second kappa shape index (κ2) is 8.52. The first-order valence-electron chi connectivity index (χ1n) is 13.3. The van der Waals surface area contributed by atoms with Gasteiger partial charge in [-0.2, -0.15) is 5.26 Å². The molecule has 6 rings (SSSR count). The number of hydrogen-bond acceptors (Lipinski definition) is 2. The molecule has 0 aliphatic heterocycles. The molecule has 0 aliphatic carbocycles. The van der Waals surface area contributed by atoms with Crippen LogP contribution in [0.15, 0.2) is 102 Å². The van der Waals surface area contributed by atoms with E-state index in [2.05, 4.69) is 12.1 Å². The lowest BCUT2D eigenvalue weighted by molar-refractivity contribution is -0.660. The minimum atomic E-state index is -2.40. The fourth-order valence-electron chi connectivity index (χ4n) is 5.04. The Morgan fingerprint density at radius 2 is 1.53 bits per heavy atom. The van der Waals surface area contributed by atoms with Gasteiger partial charge in [-0.25, -0.2) is 4.57 Å². The van der Waals surface area contributed by atoms with Gasteiger partial charge in [0, 0.05) is 32.6 Å². The lowest BCUT2D eigenvalue weighted by Crippen LogP contribution is -2.30. The molecule has 0 fully saturated rings. The van der Waals surface area contributed by atoms with Crippen LogP contribution in [0, 0.1) is 25.1 Å². The third kappa shape index (κ3) is 3.39. The second-order valence-electron chi connectivity index (χ2n) is 9.04. The Labute approximate surface area is 214 Å². The summed E-state index contributed by atoms with van der Waals surface area (Å²) in [6.07, 6.45) is 1.99. The van der Waals surface area contributed by atoms with Crippen LogP contribution < -0.4 is 4.57 Å². The molecule has 0 saturated heterocycles. The zero-order valence-corrected chi connectivity index (χ0v) is 20.0. The first kappa shape index (κ1) is 18.6. The molecule has 6 aromatic rings. The van der Waals surface area contributed by atoms with Crippen LogP contribution in [-0.2, 0) is 7.05 Å². The topological polar surface area (TPSA) is 40.8 Å². The van der Waals surface area contributed by atoms with Gasteiger partial charge in [0.1, 0.15) is 18.2 Å². The van der Waals surface area contributed by atoms with Crippen molar-refractivity contribution in [3.8, 4) is 39.6 Å². The molecule has 3 heteroatoms. The van der Waals surface area contributed by atoms with Crippen molar-refractivity contribution in [1.82, 2.24) is 0 Å². The Bertz CT molecular complexity index is 1930. The zero-order chi connectivity index (χ0) is 27.3. The van der Waals surface area contributed by atoms with E-state index in [1.54, 1.807) is 18.2 Å². The number of nitriles is 1. The van der Waals surface area contributed by atoms with Crippen molar-refractivity contribution in [2.45, 2.75) is 13.8 Å². The van der Waals surface area contributed by atoms with Crippen molar-refractivity contribution in [3.05, 3.63) is 114 Å². The third-order valence-electron chi connectivity index (χ3n) is 6.85. The summed E-state index contributed by atoms with van der Waals surface area (Å²) < 4.78 is 33.8. The Hall–Kier alpha value is -4.68. The summed E-state index contributed by atoms with van der Waals surface area (Å²) in [5.74, 6) is 0.